The minimum absolute atomic E-state index is 0.164. The summed E-state index contributed by atoms with van der Waals surface area (Å²) < 4.78 is 18.0. The highest BCUT2D eigenvalue weighted by atomic mass is 32.2. The van der Waals surface area contributed by atoms with Gasteiger partial charge in [-0.3, -0.25) is 4.21 Å². The maximum atomic E-state index is 12.3. The molecule has 1 aliphatic heterocycles. The molecule has 0 saturated carbocycles. The zero-order valence-electron chi connectivity index (χ0n) is 11.6. The highest BCUT2D eigenvalue weighted by Crippen LogP contribution is 2.28. The second kappa shape index (κ2) is 7.46. The summed E-state index contributed by atoms with van der Waals surface area (Å²) in [4.78, 5) is 0.987. The molecule has 0 radical (unpaired) electrons. The van der Waals surface area contributed by atoms with Gasteiger partial charge < -0.3 is 4.74 Å². The van der Waals surface area contributed by atoms with E-state index in [4.69, 9.17) is 4.74 Å². The Morgan fingerprint density at radius 1 is 1.37 bits per heavy atom. The number of thioether (sulfide) groups is 1. The molecule has 1 aromatic carbocycles. The Hall–Kier alpha value is -0.320. The van der Waals surface area contributed by atoms with Crippen molar-refractivity contribution in [2.75, 3.05) is 6.61 Å². The lowest BCUT2D eigenvalue weighted by Crippen LogP contribution is -2.15. The molecule has 0 amide bonds. The highest BCUT2D eigenvalue weighted by Gasteiger charge is 2.17. The molecule has 1 heterocycles. The predicted molar refractivity (Wildman–Crippen MR) is 82.9 cm³/mol. The van der Waals surface area contributed by atoms with Crippen LogP contribution >= 0.6 is 11.8 Å². The van der Waals surface area contributed by atoms with Crippen LogP contribution in [0.3, 0.4) is 0 Å². The van der Waals surface area contributed by atoms with Crippen molar-refractivity contribution < 1.29 is 8.95 Å². The van der Waals surface area contributed by atoms with E-state index in [-0.39, 0.29) is 5.25 Å². The van der Waals surface area contributed by atoms with Gasteiger partial charge in [-0.25, -0.2) is 0 Å². The Morgan fingerprint density at radius 2 is 2.16 bits per heavy atom. The Labute approximate surface area is 122 Å². The molecule has 0 bridgehead atoms. The first-order chi connectivity index (χ1) is 9.18. The standard InChI is InChI=1S/C15H22O2S2/c1-12(2)19(16)14-8-4-3-7-13(14)11-18-15-9-5-6-10-17-15/h3-4,7-8,12,15H,5-6,9-11H2,1-2H3/t15-,19?/m0/s1. The van der Waals surface area contributed by atoms with E-state index >= 15 is 0 Å². The molecule has 0 aliphatic carbocycles. The van der Waals surface area contributed by atoms with Crippen LogP contribution in [0.2, 0.25) is 0 Å². The van der Waals surface area contributed by atoms with Crippen LogP contribution in [-0.2, 0) is 21.3 Å². The lowest BCUT2D eigenvalue weighted by molar-refractivity contribution is 0.0727. The fourth-order valence-electron chi connectivity index (χ4n) is 2.10. The number of hydrogen-bond donors (Lipinski definition) is 0. The van der Waals surface area contributed by atoms with E-state index in [2.05, 4.69) is 6.07 Å². The molecule has 2 atom stereocenters. The maximum Gasteiger partial charge on any atom is 0.103 e. The van der Waals surface area contributed by atoms with Crippen LogP contribution in [-0.4, -0.2) is 21.5 Å². The monoisotopic (exact) mass is 298 g/mol. The zero-order chi connectivity index (χ0) is 13.7. The summed E-state index contributed by atoms with van der Waals surface area (Å²) in [5, 5.41) is 0.164. The molecule has 2 rings (SSSR count). The van der Waals surface area contributed by atoms with Gasteiger partial charge in [-0.15, -0.1) is 11.8 Å². The van der Waals surface area contributed by atoms with Gasteiger partial charge in [0.15, 0.2) is 0 Å². The fraction of sp³-hybridized carbons (Fsp3) is 0.600. The molecule has 106 valence electrons. The lowest BCUT2D eigenvalue weighted by atomic mass is 10.2. The van der Waals surface area contributed by atoms with E-state index in [0.717, 1.165) is 23.7 Å². The Bertz CT molecular complexity index is 426. The van der Waals surface area contributed by atoms with Crippen molar-refractivity contribution in [3.8, 4) is 0 Å². The van der Waals surface area contributed by atoms with Gasteiger partial charge in [-0.2, -0.15) is 0 Å². The number of benzene rings is 1. The molecule has 1 unspecified atom stereocenters. The summed E-state index contributed by atoms with van der Waals surface area (Å²) in [5.41, 5.74) is 1.50. The third kappa shape index (κ3) is 4.33. The summed E-state index contributed by atoms with van der Waals surface area (Å²) in [6, 6.07) is 8.08. The molecule has 0 N–H and O–H groups in total. The van der Waals surface area contributed by atoms with Crippen LogP contribution in [0, 0.1) is 0 Å². The largest absolute Gasteiger partial charge is 0.368 e. The van der Waals surface area contributed by atoms with Crippen LogP contribution in [0.4, 0.5) is 0 Å². The molecular weight excluding hydrogens is 276 g/mol. The first kappa shape index (κ1) is 15.1. The zero-order valence-corrected chi connectivity index (χ0v) is 13.3. The van der Waals surface area contributed by atoms with Gasteiger partial charge in [0.2, 0.25) is 0 Å². The first-order valence-electron chi connectivity index (χ1n) is 6.90. The van der Waals surface area contributed by atoms with E-state index in [1.54, 1.807) is 0 Å². The van der Waals surface area contributed by atoms with Gasteiger partial charge in [0, 0.05) is 22.5 Å². The SMILES string of the molecule is CC(C)S(=O)c1ccccc1CS[C@H]1CCCCO1. The Morgan fingerprint density at radius 3 is 2.84 bits per heavy atom. The van der Waals surface area contributed by atoms with Gasteiger partial charge in [0.05, 0.1) is 10.8 Å². The average molecular weight is 298 g/mol. The van der Waals surface area contributed by atoms with Gasteiger partial charge in [-0.1, -0.05) is 32.0 Å². The normalized spacial score (nSPS) is 21.5. The van der Waals surface area contributed by atoms with Crippen molar-refractivity contribution in [3.05, 3.63) is 29.8 Å². The third-order valence-corrected chi connectivity index (χ3v) is 6.09. The van der Waals surface area contributed by atoms with Crippen LogP contribution in [0.5, 0.6) is 0 Å². The van der Waals surface area contributed by atoms with Crippen molar-refractivity contribution >= 4 is 22.6 Å². The smallest absolute Gasteiger partial charge is 0.103 e. The van der Waals surface area contributed by atoms with Gasteiger partial charge in [0.25, 0.3) is 0 Å². The molecule has 1 aromatic rings. The summed E-state index contributed by atoms with van der Waals surface area (Å²) in [7, 11) is -0.907. The molecule has 1 fully saturated rings. The van der Waals surface area contributed by atoms with Crippen LogP contribution < -0.4 is 0 Å². The van der Waals surface area contributed by atoms with Crippen LogP contribution in [0.15, 0.2) is 29.2 Å². The summed E-state index contributed by atoms with van der Waals surface area (Å²) >= 11 is 1.84. The average Bonchev–Trinajstić information content (AvgIpc) is 2.45. The quantitative estimate of drug-likeness (QED) is 0.823. The number of ether oxygens (including phenoxy) is 1. The van der Waals surface area contributed by atoms with Crippen molar-refractivity contribution in [2.45, 2.75) is 54.4 Å². The second-order valence-corrected chi connectivity index (χ2v) is 8.19. The van der Waals surface area contributed by atoms with Crippen molar-refractivity contribution in [2.24, 2.45) is 0 Å². The Balaban J connectivity index is 2.01. The van der Waals surface area contributed by atoms with Gasteiger partial charge in [-0.05, 0) is 30.9 Å². The first-order valence-corrected chi connectivity index (χ1v) is 9.16. The van der Waals surface area contributed by atoms with Crippen LogP contribution in [0.1, 0.15) is 38.7 Å². The fourth-order valence-corrected chi connectivity index (χ4v) is 4.45. The summed E-state index contributed by atoms with van der Waals surface area (Å²) in [6.45, 7) is 4.89. The van der Waals surface area contributed by atoms with E-state index in [9.17, 15) is 4.21 Å². The molecule has 0 spiro atoms. The predicted octanol–water partition coefficient (Wildman–Crippen LogP) is 3.96. The van der Waals surface area contributed by atoms with Gasteiger partial charge in [0.1, 0.15) is 5.44 Å². The third-order valence-electron chi connectivity index (χ3n) is 3.18. The maximum absolute atomic E-state index is 12.3. The molecule has 1 aliphatic rings. The van der Waals surface area contributed by atoms with Gasteiger partial charge >= 0.3 is 0 Å². The van der Waals surface area contributed by atoms with E-state index in [1.807, 2.05) is 43.8 Å². The number of rotatable bonds is 5. The summed E-state index contributed by atoms with van der Waals surface area (Å²) in [6.07, 6.45) is 3.59. The second-order valence-electron chi connectivity index (χ2n) is 5.06. The molecule has 4 heteroatoms. The lowest BCUT2D eigenvalue weighted by Gasteiger charge is -2.22. The van der Waals surface area contributed by atoms with Crippen LogP contribution in [0.25, 0.3) is 0 Å². The molecule has 19 heavy (non-hydrogen) atoms. The Kier molecular flexibility index (Phi) is 5.92. The van der Waals surface area contributed by atoms with Crippen molar-refractivity contribution in [1.82, 2.24) is 0 Å². The van der Waals surface area contributed by atoms with E-state index in [0.29, 0.717) is 5.44 Å². The highest BCUT2D eigenvalue weighted by molar-refractivity contribution is 7.99. The van der Waals surface area contributed by atoms with Crippen molar-refractivity contribution in [3.63, 3.8) is 0 Å². The van der Waals surface area contributed by atoms with Crippen molar-refractivity contribution in [1.29, 1.82) is 0 Å². The summed E-state index contributed by atoms with van der Waals surface area (Å²) in [5.74, 6) is 0.888. The molecule has 1 saturated heterocycles. The van der Waals surface area contributed by atoms with E-state index < -0.39 is 10.8 Å². The minimum Gasteiger partial charge on any atom is -0.368 e. The number of hydrogen-bond acceptors (Lipinski definition) is 3. The molecule has 0 aromatic heterocycles. The topological polar surface area (TPSA) is 26.3 Å². The minimum atomic E-state index is -0.907. The van der Waals surface area contributed by atoms with E-state index in [1.165, 1.54) is 18.4 Å². The molecule has 2 nitrogen and oxygen atoms in total. The molecular formula is C15H22O2S2.